The first-order chi connectivity index (χ1) is 5.91. The lowest BCUT2D eigenvalue weighted by Crippen LogP contribution is -2.10. The Bertz CT molecular complexity index is 269. The summed E-state index contributed by atoms with van der Waals surface area (Å²) >= 11 is 0. The lowest BCUT2D eigenvalue weighted by atomic mass is 9.87. The number of rotatable bonds is 1. The van der Waals surface area contributed by atoms with Crippen LogP contribution in [-0.4, -0.2) is 0 Å². The van der Waals surface area contributed by atoms with Crippen molar-refractivity contribution in [1.82, 2.24) is 0 Å². The van der Waals surface area contributed by atoms with E-state index in [1.54, 1.807) is 0 Å². The van der Waals surface area contributed by atoms with E-state index < -0.39 is 5.91 Å². The van der Waals surface area contributed by atoms with E-state index in [1.807, 2.05) is 24.3 Å². The third-order valence-corrected chi connectivity index (χ3v) is 2.48. The second-order valence-corrected chi connectivity index (χ2v) is 4.86. The molecule has 0 nitrogen and oxygen atoms in total. The Kier molecular flexibility index (Phi) is 3.08. The summed E-state index contributed by atoms with van der Waals surface area (Å²) in [5.41, 5.74) is 2.10. The van der Waals surface area contributed by atoms with Crippen molar-refractivity contribution < 1.29 is 4.39 Å². The van der Waals surface area contributed by atoms with Gasteiger partial charge in [-0.15, -0.1) is 0 Å². The van der Waals surface area contributed by atoms with E-state index >= 15 is 0 Å². The lowest BCUT2D eigenvalue weighted by molar-refractivity contribution is 0.468. The molecule has 0 bridgehead atoms. The Morgan fingerprint density at radius 2 is 1.62 bits per heavy atom. The molecule has 2 unspecified atom stereocenters. The van der Waals surface area contributed by atoms with Crippen molar-refractivity contribution in [1.29, 1.82) is 0 Å². The number of halogens is 1. The summed E-state index contributed by atoms with van der Waals surface area (Å²) < 4.78 is 12.8. The van der Waals surface area contributed by atoms with Gasteiger partial charge >= 0.3 is 0 Å². The maximum Gasteiger partial charge on any atom is 0.138 e. The number of alkyl halides is 1. The summed E-state index contributed by atoms with van der Waals surface area (Å²) in [5.74, 6) is -0.950. The van der Waals surface area contributed by atoms with Gasteiger partial charge in [0.1, 0.15) is 5.91 Å². The van der Waals surface area contributed by atoms with Crippen molar-refractivity contribution in [3.05, 3.63) is 35.4 Å². The molecule has 1 aromatic carbocycles. The van der Waals surface area contributed by atoms with Gasteiger partial charge in [-0.25, -0.2) is 4.39 Å². The molecule has 1 aromatic rings. The van der Waals surface area contributed by atoms with Crippen LogP contribution in [-0.2, 0) is 5.41 Å². The smallest absolute Gasteiger partial charge is 0.138 e. The largest absolute Gasteiger partial charge is 0.238 e. The van der Waals surface area contributed by atoms with Gasteiger partial charge in [0.25, 0.3) is 0 Å². The first-order valence-corrected chi connectivity index (χ1v) is 5.08. The van der Waals surface area contributed by atoms with Crippen LogP contribution < -0.4 is 0 Å². The van der Waals surface area contributed by atoms with Gasteiger partial charge < -0.3 is 0 Å². The standard InChI is InChI=1S/C11H16FP/c1-11(2,3)9-6-4-8(5-7-9)10(12)13/h4-7,10H,13H2,1-3H3. The van der Waals surface area contributed by atoms with Crippen molar-refractivity contribution in [3.8, 4) is 0 Å². The van der Waals surface area contributed by atoms with Crippen LogP contribution in [0, 0.1) is 0 Å². The van der Waals surface area contributed by atoms with Crippen LogP contribution in [0.25, 0.3) is 0 Å². The second-order valence-electron chi connectivity index (χ2n) is 4.27. The highest BCUT2D eigenvalue weighted by Gasteiger charge is 2.13. The van der Waals surface area contributed by atoms with Crippen LogP contribution in [0.15, 0.2) is 24.3 Å². The van der Waals surface area contributed by atoms with E-state index in [-0.39, 0.29) is 5.41 Å². The lowest BCUT2D eigenvalue weighted by Gasteiger charge is -2.19. The highest BCUT2D eigenvalue weighted by atomic mass is 31.0. The molecule has 72 valence electrons. The fourth-order valence-electron chi connectivity index (χ4n) is 1.17. The zero-order valence-electron chi connectivity index (χ0n) is 8.34. The van der Waals surface area contributed by atoms with E-state index in [4.69, 9.17) is 0 Å². The molecule has 2 heteroatoms. The molecule has 2 atom stereocenters. The molecule has 1 rings (SSSR count). The molecule has 0 heterocycles. The summed E-state index contributed by atoms with van der Waals surface area (Å²) in [7, 11) is 2.15. The van der Waals surface area contributed by atoms with Crippen molar-refractivity contribution in [2.24, 2.45) is 0 Å². The highest BCUT2D eigenvalue weighted by Crippen LogP contribution is 2.27. The molecule has 0 aliphatic rings. The zero-order valence-corrected chi connectivity index (χ0v) is 9.50. The van der Waals surface area contributed by atoms with Crippen LogP contribution >= 0.6 is 9.24 Å². The van der Waals surface area contributed by atoms with E-state index in [2.05, 4.69) is 30.0 Å². The van der Waals surface area contributed by atoms with E-state index in [0.29, 0.717) is 0 Å². The zero-order chi connectivity index (χ0) is 10.1. The van der Waals surface area contributed by atoms with Gasteiger partial charge in [-0.1, -0.05) is 54.3 Å². The molecule has 13 heavy (non-hydrogen) atoms. The van der Waals surface area contributed by atoms with Gasteiger partial charge in [0, 0.05) is 0 Å². The fourth-order valence-corrected chi connectivity index (χ4v) is 1.39. The average Bonchev–Trinajstić information content (AvgIpc) is 2.03. The third-order valence-electron chi connectivity index (χ3n) is 2.10. The minimum absolute atomic E-state index is 0.144. The molecule has 0 saturated carbocycles. The van der Waals surface area contributed by atoms with Crippen LogP contribution in [0.4, 0.5) is 4.39 Å². The van der Waals surface area contributed by atoms with Crippen LogP contribution in [0.3, 0.4) is 0 Å². The van der Waals surface area contributed by atoms with Gasteiger partial charge in [0.2, 0.25) is 0 Å². The summed E-state index contributed by atoms with van der Waals surface area (Å²) in [6.45, 7) is 6.45. The van der Waals surface area contributed by atoms with E-state index in [9.17, 15) is 4.39 Å². The molecule has 0 aliphatic carbocycles. The van der Waals surface area contributed by atoms with Crippen LogP contribution in [0.1, 0.15) is 37.8 Å². The van der Waals surface area contributed by atoms with E-state index in [0.717, 1.165) is 5.56 Å². The quantitative estimate of drug-likeness (QED) is 0.601. The Hall–Kier alpha value is -0.420. The molecule has 0 spiro atoms. The van der Waals surface area contributed by atoms with Crippen LogP contribution in [0.2, 0.25) is 0 Å². The van der Waals surface area contributed by atoms with Gasteiger partial charge in [0.05, 0.1) is 0 Å². The highest BCUT2D eigenvalue weighted by molar-refractivity contribution is 7.16. The Balaban J connectivity index is 2.94. The third kappa shape index (κ3) is 2.77. The van der Waals surface area contributed by atoms with Gasteiger partial charge in [-0.05, 0) is 16.5 Å². The summed E-state index contributed by atoms with van der Waals surface area (Å²) in [5, 5.41) is 0. The molecule has 0 aliphatic heterocycles. The molecule has 0 amide bonds. The predicted octanol–water partition coefficient (Wildman–Crippen LogP) is 3.83. The van der Waals surface area contributed by atoms with Crippen molar-refractivity contribution in [2.75, 3.05) is 0 Å². The normalized spacial score (nSPS) is 14.2. The molecule has 0 saturated heterocycles. The maximum atomic E-state index is 12.8. The fraction of sp³-hybridized carbons (Fsp3) is 0.455. The average molecular weight is 198 g/mol. The maximum absolute atomic E-state index is 12.8. The second kappa shape index (κ2) is 3.75. The van der Waals surface area contributed by atoms with Crippen molar-refractivity contribution >= 4 is 9.24 Å². The van der Waals surface area contributed by atoms with Crippen molar-refractivity contribution in [3.63, 3.8) is 0 Å². The van der Waals surface area contributed by atoms with Gasteiger partial charge in [0.15, 0.2) is 0 Å². The molecule has 0 radical (unpaired) electrons. The number of benzene rings is 1. The topological polar surface area (TPSA) is 0 Å². The Morgan fingerprint density at radius 3 is 1.92 bits per heavy atom. The molecule has 0 fully saturated rings. The molecular formula is C11H16FP. The summed E-state index contributed by atoms with van der Waals surface area (Å²) in [4.78, 5) is 0. The first-order valence-electron chi connectivity index (χ1n) is 4.41. The monoisotopic (exact) mass is 198 g/mol. The minimum Gasteiger partial charge on any atom is -0.238 e. The molecule has 0 N–H and O–H groups in total. The van der Waals surface area contributed by atoms with Gasteiger partial charge in [-0.3, -0.25) is 0 Å². The summed E-state index contributed by atoms with van der Waals surface area (Å²) in [6, 6.07) is 7.68. The van der Waals surface area contributed by atoms with E-state index in [1.165, 1.54) is 5.56 Å². The van der Waals surface area contributed by atoms with Crippen molar-refractivity contribution in [2.45, 2.75) is 32.1 Å². The first kappa shape index (κ1) is 10.7. The molecular weight excluding hydrogens is 182 g/mol. The Labute approximate surface area is 81.8 Å². The minimum atomic E-state index is -0.950. The van der Waals surface area contributed by atoms with Crippen LogP contribution in [0.5, 0.6) is 0 Å². The molecule has 0 aromatic heterocycles. The van der Waals surface area contributed by atoms with Gasteiger partial charge in [-0.2, -0.15) is 0 Å². The number of hydrogen-bond acceptors (Lipinski definition) is 0. The SMILES string of the molecule is CC(C)(C)c1ccc(C(F)P)cc1. The summed E-state index contributed by atoms with van der Waals surface area (Å²) in [6.07, 6.45) is 0. The Morgan fingerprint density at radius 1 is 1.15 bits per heavy atom. The predicted molar refractivity (Wildman–Crippen MR) is 58.7 cm³/mol. The number of hydrogen-bond donors (Lipinski definition) is 0.